The van der Waals surface area contributed by atoms with Crippen LogP contribution >= 0.6 is 0 Å². The van der Waals surface area contributed by atoms with E-state index < -0.39 is 5.54 Å². The van der Waals surface area contributed by atoms with Crippen LogP contribution in [0.5, 0.6) is 0 Å². The van der Waals surface area contributed by atoms with Gasteiger partial charge >= 0.3 is 5.97 Å². The number of ether oxygens (including phenoxy) is 2. The summed E-state index contributed by atoms with van der Waals surface area (Å²) in [6.07, 6.45) is 6.54. The van der Waals surface area contributed by atoms with Crippen LogP contribution in [0.1, 0.15) is 59.3 Å². The van der Waals surface area contributed by atoms with Gasteiger partial charge in [0.15, 0.2) is 0 Å². The quantitative estimate of drug-likeness (QED) is 0.442. The normalized spacial score (nSPS) is 15.7. The van der Waals surface area contributed by atoms with Crippen molar-refractivity contribution < 1.29 is 14.3 Å². The summed E-state index contributed by atoms with van der Waals surface area (Å²) >= 11 is 0. The lowest BCUT2D eigenvalue weighted by molar-refractivity contribution is -0.148. The third-order valence-electron chi connectivity index (χ3n) is 4.05. The number of likely N-dealkylation sites (N-methyl/N-ethyl adjacent to an activating group) is 1. The highest BCUT2D eigenvalue weighted by molar-refractivity contribution is 5.80. The zero-order chi connectivity index (χ0) is 15.4. The van der Waals surface area contributed by atoms with E-state index in [1.807, 2.05) is 6.92 Å². The first-order valence-corrected chi connectivity index (χ1v) is 7.89. The third-order valence-corrected chi connectivity index (χ3v) is 4.05. The molecule has 0 aromatic rings. The average Bonchev–Trinajstić information content (AvgIpc) is 2.48. The molecule has 2 atom stereocenters. The minimum atomic E-state index is -0.607. The van der Waals surface area contributed by atoms with Crippen LogP contribution in [0.3, 0.4) is 0 Å². The van der Waals surface area contributed by atoms with Crippen LogP contribution in [0.4, 0.5) is 0 Å². The number of rotatable bonds is 12. The van der Waals surface area contributed by atoms with Crippen molar-refractivity contribution in [3.05, 3.63) is 0 Å². The van der Waals surface area contributed by atoms with Crippen molar-refractivity contribution in [3.63, 3.8) is 0 Å². The molecule has 0 amide bonds. The zero-order valence-electron chi connectivity index (χ0n) is 14.0. The van der Waals surface area contributed by atoms with E-state index in [9.17, 15) is 4.79 Å². The lowest BCUT2D eigenvalue weighted by Gasteiger charge is -2.26. The fraction of sp³-hybridized carbons (Fsp3) is 0.938. The molecule has 0 spiro atoms. The van der Waals surface area contributed by atoms with Gasteiger partial charge < -0.3 is 14.8 Å². The Balaban J connectivity index is 3.86. The van der Waals surface area contributed by atoms with Crippen molar-refractivity contribution >= 4 is 5.97 Å². The molecule has 4 nitrogen and oxygen atoms in total. The molecule has 0 aromatic heterocycles. The summed E-state index contributed by atoms with van der Waals surface area (Å²) in [5, 5.41) is 3.04. The average molecular weight is 287 g/mol. The minimum Gasteiger partial charge on any atom is -0.468 e. The molecule has 0 radical (unpaired) electrons. The first kappa shape index (κ1) is 19.4. The van der Waals surface area contributed by atoms with Gasteiger partial charge in [-0.2, -0.15) is 0 Å². The Morgan fingerprint density at radius 2 is 2.00 bits per heavy atom. The van der Waals surface area contributed by atoms with Crippen molar-refractivity contribution in [1.29, 1.82) is 0 Å². The van der Waals surface area contributed by atoms with Gasteiger partial charge in [0.05, 0.1) is 7.11 Å². The summed E-state index contributed by atoms with van der Waals surface area (Å²) in [4.78, 5) is 11.7. The molecular weight excluding hydrogens is 254 g/mol. The Hall–Kier alpha value is -0.610. The van der Waals surface area contributed by atoms with E-state index in [-0.39, 0.29) is 5.97 Å². The minimum absolute atomic E-state index is 0.214. The molecule has 0 saturated carbocycles. The third kappa shape index (κ3) is 7.25. The van der Waals surface area contributed by atoms with E-state index >= 15 is 0 Å². The Bertz CT molecular complexity index is 258. The molecule has 1 N–H and O–H groups in total. The number of unbranched alkanes of at least 4 members (excludes halogenated alkanes) is 1. The van der Waals surface area contributed by atoms with Gasteiger partial charge in [-0.3, -0.25) is 4.79 Å². The molecule has 0 saturated heterocycles. The molecule has 0 aromatic carbocycles. The van der Waals surface area contributed by atoms with Crippen LogP contribution in [0.25, 0.3) is 0 Å². The Morgan fingerprint density at radius 3 is 2.50 bits per heavy atom. The van der Waals surface area contributed by atoms with Gasteiger partial charge in [-0.15, -0.1) is 0 Å². The van der Waals surface area contributed by atoms with Crippen molar-refractivity contribution in [3.8, 4) is 0 Å². The van der Waals surface area contributed by atoms with Gasteiger partial charge in [-0.25, -0.2) is 0 Å². The van der Waals surface area contributed by atoms with E-state index in [0.29, 0.717) is 12.5 Å². The van der Waals surface area contributed by atoms with Gasteiger partial charge in [0.1, 0.15) is 5.54 Å². The second kappa shape index (κ2) is 11.1. The van der Waals surface area contributed by atoms with E-state index in [4.69, 9.17) is 9.47 Å². The number of nitrogens with one attached hydrogen (secondary N) is 1. The van der Waals surface area contributed by atoms with Crippen molar-refractivity contribution in [2.24, 2.45) is 5.92 Å². The molecule has 120 valence electrons. The summed E-state index contributed by atoms with van der Waals surface area (Å²) < 4.78 is 10.6. The zero-order valence-corrected chi connectivity index (χ0v) is 14.0. The van der Waals surface area contributed by atoms with Gasteiger partial charge in [0.25, 0.3) is 0 Å². The van der Waals surface area contributed by atoms with Crippen molar-refractivity contribution in [2.75, 3.05) is 27.4 Å². The second-order valence-electron chi connectivity index (χ2n) is 5.67. The summed E-state index contributed by atoms with van der Waals surface area (Å²) in [5.41, 5.74) is -0.607. The predicted octanol–water partition coefficient (Wildman–Crippen LogP) is 3.15. The number of carbonyl (C=O) groups is 1. The molecular formula is C16H33NO3. The molecule has 0 bridgehead atoms. The Morgan fingerprint density at radius 1 is 1.30 bits per heavy atom. The Labute approximate surface area is 124 Å². The predicted molar refractivity (Wildman–Crippen MR) is 82.8 cm³/mol. The highest BCUT2D eigenvalue weighted by Crippen LogP contribution is 2.15. The van der Waals surface area contributed by atoms with E-state index in [1.54, 1.807) is 7.05 Å². The number of esters is 1. The molecule has 0 rings (SSSR count). The van der Waals surface area contributed by atoms with Crippen LogP contribution in [0.15, 0.2) is 0 Å². The van der Waals surface area contributed by atoms with Gasteiger partial charge in [0, 0.05) is 13.2 Å². The summed E-state index contributed by atoms with van der Waals surface area (Å²) in [7, 11) is 3.21. The van der Waals surface area contributed by atoms with Crippen molar-refractivity contribution in [2.45, 2.75) is 64.8 Å². The molecule has 0 aliphatic rings. The highest BCUT2D eigenvalue weighted by Gasteiger charge is 2.31. The second-order valence-corrected chi connectivity index (χ2v) is 5.67. The molecule has 0 fully saturated rings. The smallest absolute Gasteiger partial charge is 0.325 e. The number of carbonyl (C=O) groups excluding carboxylic acids is 1. The maximum atomic E-state index is 11.7. The molecule has 0 heterocycles. The van der Waals surface area contributed by atoms with E-state index in [1.165, 1.54) is 32.8 Å². The monoisotopic (exact) mass is 287 g/mol. The fourth-order valence-corrected chi connectivity index (χ4v) is 2.23. The SMILES string of the molecule is CCCCC(CC)COCCCC(C)(NC)C(=O)OC. The standard InChI is InChI=1S/C16H33NO3/c1-6-8-10-14(7-2)13-20-12-9-11-16(3,17-4)15(18)19-5/h14,17H,6-13H2,1-5H3. The summed E-state index contributed by atoms with van der Waals surface area (Å²) in [6, 6.07) is 0. The largest absolute Gasteiger partial charge is 0.468 e. The van der Waals surface area contributed by atoms with Crippen LogP contribution in [-0.4, -0.2) is 38.9 Å². The molecule has 2 unspecified atom stereocenters. The molecule has 4 heteroatoms. The topological polar surface area (TPSA) is 47.6 Å². The molecule has 0 aliphatic heterocycles. The van der Waals surface area contributed by atoms with Gasteiger partial charge in [0.2, 0.25) is 0 Å². The van der Waals surface area contributed by atoms with E-state index in [2.05, 4.69) is 19.2 Å². The van der Waals surface area contributed by atoms with Crippen LogP contribution in [0.2, 0.25) is 0 Å². The highest BCUT2D eigenvalue weighted by atomic mass is 16.5. The van der Waals surface area contributed by atoms with Crippen LogP contribution < -0.4 is 5.32 Å². The summed E-state index contributed by atoms with van der Waals surface area (Å²) in [5.74, 6) is 0.459. The van der Waals surface area contributed by atoms with E-state index in [0.717, 1.165) is 19.4 Å². The number of hydrogen-bond acceptors (Lipinski definition) is 4. The Kier molecular flexibility index (Phi) is 10.8. The molecule has 0 aliphatic carbocycles. The summed E-state index contributed by atoms with van der Waals surface area (Å²) in [6.45, 7) is 7.86. The lowest BCUT2D eigenvalue weighted by atomic mass is 9.96. The maximum absolute atomic E-state index is 11.7. The fourth-order valence-electron chi connectivity index (χ4n) is 2.23. The maximum Gasteiger partial charge on any atom is 0.325 e. The van der Waals surface area contributed by atoms with Gasteiger partial charge in [-0.1, -0.05) is 33.1 Å². The molecule has 20 heavy (non-hydrogen) atoms. The number of methoxy groups -OCH3 is 1. The lowest BCUT2D eigenvalue weighted by Crippen LogP contribution is -2.48. The van der Waals surface area contributed by atoms with Crippen LogP contribution in [-0.2, 0) is 14.3 Å². The number of hydrogen-bond donors (Lipinski definition) is 1. The first-order chi connectivity index (χ1) is 9.53. The van der Waals surface area contributed by atoms with Crippen molar-refractivity contribution in [1.82, 2.24) is 5.32 Å². The van der Waals surface area contributed by atoms with Crippen LogP contribution in [0, 0.1) is 5.92 Å². The first-order valence-electron chi connectivity index (χ1n) is 7.89. The van der Waals surface area contributed by atoms with Gasteiger partial charge in [-0.05, 0) is 39.2 Å².